The van der Waals surface area contributed by atoms with Gasteiger partial charge >= 0.3 is 0 Å². The second-order valence-corrected chi connectivity index (χ2v) is 6.00. The molecule has 0 saturated carbocycles. The average molecular weight is 260 g/mol. The number of nitrogens with two attached hydrogens (primary N) is 1. The van der Waals surface area contributed by atoms with Crippen LogP contribution in [0.2, 0.25) is 0 Å². The third-order valence-corrected chi connectivity index (χ3v) is 5.06. The number of benzene rings is 1. The van der Waals surface area contributed by atoms with Gasteiger partial charge in [0.25, 0.3) is 0 Å². The Balaban J connectivity index is 2.47. The molecule has 0 bridgehead atoms. The van der Waals surface area contributed by atoms with Gasteiger partial charge in [0.2, 0.25) is 0 Å². The Kier molecular flexibility index (Phi) is 4.10. The SMILES string of the molecule is Cc1c(C)c(C)c(C(=O)C2CC[NH2+]CC2)c(C)c1C. The lowest BCUT2D eigenvalue weighted by Crippen LogP contribution is -2.86. The van der Waals surface area contributed by atoms with E-state index in [9.17, 15) is 4.79 Å². The molecular weight excluding hydrogens is 234 g/mol. The zero-order chi connectivity index (χ0) is 14.2. The van der Waals surface area contributed by atoms with E-state index in [-0.39, 0.29) is 5.92 Å². The Morgan fingerprint density at radius 1 is 0.842 bits per heavy atom. The van der Waals surface area contributed by atoms with Gasteiger partial charge < -0.3 is 5.32 Å². The van der Waals surface area contributed by atoms with E-state index < -0.39 is 0 Å². The minimum Gasteiger partial charge on any atom is -0.346 e. The Morgan fingerprint density at radius 2 is 1.26 bits per heavy atom. The van der Waals surface area contributed by atoms with Gasteiger partial charge in [-0.1, -0.05) is 0 Å². The molecule has 0 aromatic heterocycles. The van der Waals surface area contributed by atoms with Crippen LogP contribution < -0.4 is 5.32 Å². The minimum atomic E-state index is 0.240. The Labute approximate surface area is 116 Å². The van der Waals surface area contributed by atoms with Crippen molar-refractivity contribution in [2.24, 2.45) is 5.92 Å². The predicted molar refractivity (Wildman–Crippen MR) is 78.8 cm³/mol. The Bertz CT molecular complexity index is 481. The van der Waals surface area contributed by atoms with Gasteiger partial charge in [-0.05, 0) is 62.4 Å². The minimum absolute atomic E-state index is 0.240. The highest BCUT2D eigenvalue weighted by atomic mass is 16.1. The summed E-state index contributed by atoms with van der Waals surface area (Å²) in [6.07, 6.45) is 2.06. The van der Waals surface area contributed by atoms with Crippen LogP contribution in [-0.4, -0.2) is 18.9 Å². The van der Waals surface area contributed by atoms with Gasteiger partial charge in [0, 0.05) is 24.3 Å². The topological polar surface area (TPSA) is 33.7 Å². The van der Waals surface area contributed by atoms with Gasteiger partial charge in [0.1, 0.15) is 0 Å². The molecule has 2 rings (SSSR count). The van der Waals surface area contributed by atoms with E-state index in [1.165, 1.54) is 27.8 Å². The maximum absolute atomic E-state index is 12.8. The zero-order valence-corrected chi connectivity index (χ0v) is 12.9. The van der Waals surface area contributed by atoms with Gasteiger partial charge in [-0.3, -0.25) is 4.79 Å². The summed E-state index contributed by atoms with van der Waals surface area (Å²) in [4.78, 5) is 12.8. The van der Waals surface area contributed by atoms with E-state index in [0.29, 0.717) is 5.78 Å². The van der Waals surface area contributed by atoms with Crippen molar-refractivity contribution in [2.75, 3.05) is 13.1 Å². The monoisotopic (exact) mass is 260 g/mol. The molecule has 2 nitrogen and oxygen atoms in total. The molecule has 1 aliphatic heterocycles. The largest absolute Gasteiger partial charge is 0.346 e. The molecule has 0 unspecified atom stereocenters. The van der Waals surface area contributed by atoms with Crippen molar-refractivity contribution < 1.29 is 10.1 Å². The molecule has 0 atom stereocenters. The van der Waals surface area contributed by atoms with Crippen molar-refractivity contribution in [1.82, 2.24) is 0 Å². The van der Waals surface area contributed by atoms with Crippen LogP contribution in [0.1, 0.15) is 51.0 Å². The first-order valence-electron chi connectivity index (χ1n) is 7.38. The molecule has 0 aliphatic carbocycles. The van der Waals surface area contributed by atoms with Crippen LogP contribution in [0.5, 0.6) is 0 Å². The predicted octanol–water partition coefficient (Wildman–Crippen LogP) is 2.38. The Hall–Kier alpha value is -1.15. The molecular formula is C17H26NO+. The maximum Gasteiger partial charge on any atom is 0.166 e. The lowest BCUT2D eigenvalue weighted by atomic mass is 9.82. The molecule has 1 saturated heterocycles. The fourth-order valence-corrected chi connectivity index (χ4v) is 3.26. The first-order chi connectivity index (χ1) is 8.95. The highest BCUT2D eigenvalue weighted by molar-refractivity contribution is 6.01. The molecule has 1 fully saturated rings. The van der Waals surface area contributed by atoms with Crippen LogP contribution in [0, 0.1) is 40.5 Å². The smallest absolute Gasteiger partial charge is 0.166 e. The number of piperidine rings is 1. The molecule has 0 spiro atoms. The fourth-order valence-electron chi connectivity index (χ4n) is 3.26. The number of quaternary nitrogens is 1. The van der Waals surface area contributed by atoms with Crippen molar-refractivity contribution in [3.63, 3.8) is 0 Å². The van der Waals surface area contributed by atoms with Crippen molar-refractivity contribution in [3.8, 4) is 0 Å². The van der Waals surface area contributed by atoms with Crippen molar-refractivity contribution in [3.05, 3.63) is 33.4 Å². The second-order valence-electron chi connectivity index (χ2n) is 6.00. The zero-order valence-electron chi connectivity index (χ0n) is 12.9. The second kappa shape index (κ2) is 5.46. The standard InChI is InChI=1S/C17H25NO/c1-10-11(2)13(4)16(14(5)12(10)3)17(19)15-6-8-18-9-7-15/h15,18H,6-9H2,1-5H3/p+1. The van der Waals surface area contributed by atoms with E-state index >= 15 is 0 Å². The first-order valence-corrected chi connectivity index (χ1v) is 7.38. The summed E-state index contributed by atoms with van der Waals surface area (Å²) in [5.74, 6) is 0.623. The summed E-state index contributed by atoms with van der Waals surface area (Å²) >= 11 is 0. The van der Waals surface area contributed by atoms with E-state index in [1.807, 2.05) is 0 Å². The molecule has 1 aromatic carbocycles. The summed E-state index contributed by atoms with van der Waals surface area (Å²) in [7, 11) is 0. The molecule has 0 amide bonds. The van der Waals surface area contributed by atoms with E-state index in [4.69, 9.17) is 0 Å². The average Bonchev–Trinajstić information content (AvgIpc) is 2.44. The van der Waals surface area contributed by atoms with E-state index in [2.05, 4.69) is 39.9 Å². The molecule has 2 heteroatoms. The third-order valence-electron chi connectivity index (χ3n) is 5.06. The maximum atomic E-state index is 12.8. The molecule has 104 valence electrons. The van der Waals surface area contributed by atoms with E-state index in [1.54, 1.807) is 0 Å². The lowest BCUT2D eigenvalue weighted by molar-refractivity contribution is -0.663. The number of carbonyl (C=O) groups excluding carboxylic acids is 1. The number of rotatable bonds is 2. The highest BCUT2D eigenvalue weighted by Crippen LogP contribution is 2.29. The number of carbonyl (C=O) groups is 1. The molecule has 1 aliphatic rings. The van der Waals surface area contributed by atoms with Gasteiger partial charge in [-0.15, -0.1) is 0 Å². The van der Waals surface area contributed by atoms with Crippen LogP contribution in [0.3, 0.4) is 0 Å². The number of Topliss-reactive ketones (excluding diaryl/α,β-unsaturated/α-hetero) is 1. The first kappa shape index (κ1) is 14.3. The van der Waals surface area contributed by atoms with Crippen molar-refractivity contribution in [2.45, 2.75) is 47.5 Å². The van der Waals surface area contributed by atoms with Crippen LogP contribution >= 0.6 is 0 Å². The van der Waals surface area contributed by atoms with E-state index in [0.717, 1.165) is 31.5 Å². The van der Waals surface area contributed by atoms with Crippen LogP contribution in [-0.2, 0) is 0 Å². The molecule has 0 radical (unpaired) electrons. The summed E-state index contributed by atoms with van der Waals surface area (Å²) in [5.41, 5.74) is 7.30. The van der Waals surface area contributed by atoms with Crippen LogP contribution in [0.15, 0.2) is 0 Å². The number of hydrogen-bond donors (Lipinski definition) is 1. The van der Waals surface area contributed by atoms with Gasteiger partial charge in [0.15, 0.2) is 5.78 Å². The van der Waals surface area contributed by atoms with Gasteiger partial charge in [-0.25, -0.2) is 0 Å². The quantitative estimate of drug-likeness (QED) is 0.814. The summed E-state index contributed by atoms with van der Waals surface area (Å²) in [6.45, 7) is 12.9. The number of hydrogen-bond acceptors (Lipinski definition) is 1. The molecule has 1 heterocycles. The van der Waals surface area contributed by atoms with Gasteiger partial charge in [0.05, 0.1) is 13.1 Å². The fraction of sp³-hybridized carbons (Fsp3) is 0.588. The summed E-state index contributed by atoms with van der Waals surface area (Å²) in [5, 5.41) is 2.31. The Morgan fingerprint density at radius 3 is 1.74 bits per heavy atom. The van der Waals surface area contributed by atoms with Gasteiger partial charge in [-0.2, -0.15) is 0 Å². The van der Waals surface area contributed by atoms with Crippen LogP contribution in [0.25, 0.3) is 0 Å². The lowest BCUT2D eigenvalue weighted by Gasteiger charge is -2.23. The molecule has 19 heavy (non-hydrogen) atoms. The normalized spacial score (nSPS) is 16.7. The molecule has 1 aromatic rings. The van der Waals surface area contributed by atoms with Crippen molar-refractivity contribution >= 4 is 5.78 Å². The molecule has 2 N–H and O–H groups in total. The van der Waals surface area contributed by atoms with Crippen LogP contribution in [0.4, 0.5) is 0 Å². The summed E-state index contributed by atoms with van der Waals surface area (Å²) < 4.78 is 0. The number of ketones is 1. The highest BCUT2D eigenvalue weighted by Gasteiger charge is 2.27. The van der Waals surface area contributed by atoms with Crippen molar-refractivity contribution in [1.29, 1.82) is 0 Å². The third kappa shape index (κ3) is 2.46. The summed E-state index contributed by atoms with van der Waals surface area (Å²) in [6, 6.07) is 0.